The first-order valence-corrected chi connectivity index (χ1v) is 17.9. The number of likely N-dealkylation sites (N-methyl/N-ethyl adjacent to an activating group) is 1. The SMILES string of the molecule is C[C@H](Oc1cc(-n2ccc(NC(=O)N[C@@H]3CCOC3)n2)nc(-c2noc3c2CCCC32CCCc3sc(N)c(C#N)c32)n1)[C@@H]1CCCN1C. The first-order chi connectivity index (χ1) is 23.8. The third kappa shape index (κ3) is 5.71. The Morgan fingerprint density at radius 1 is 1.24 bits per heavy atom. The van der Waals surface area contributed by atoms with E-state index in [1.165, 1.54) is 16.2 Å². The number of aromatic nitrogens is 5. The number of hydrogen-bond acceptors (Lipinski definition) is 12. The molecule has 1 spiro atoms. The summed E-state index contributed by atoms with van der Waals surface area (Å²) in [7, 11) is 2.12. The number of likely N-dealkylation sites (tertiary alicyclic amines) is 1. The molecule has 0 radical (unpaired) electrons. The summed E-state index contributed by atoms with van der Waals surface area (Å²) in [5.41, 5.74) is 8.99. The minimum atomic E-state index is -0.460. The summed E-state index contributed by atoms with van der Waals surface area (Å²) >= 11 is 1.52. The zero-order chi connectivity index (χ0) is 33.7. The Kier molecular flexibility index (Phi) is 8.25. The van der Waals surface area contributed by atoms with E-state index in [-0.39, 0.29) is 24.2 Å². The van der Waals surface area contributed by atoms with E-state index in [0.29, 0.717) is 52.8 Å². The van der Waals surface area contributed by atoms with Crippen LogP contribution in [0.25, 0.3) is 17.3 Å². The molecule has 8 rings (SSSR count). The van der Waals surface area contributed by atoms with Gasteiger partial charge in [0.25, 0.3) is 0 Å². The highest BCUT2D eigenvalue weighted by Crippen LogP contribution is 2.55. The summed E-state index contributed by atoms with van der Waals surface area (Å²) in [5.74, 6) is 2.38. The molecule has 14 nitrogen and oxygen atoms in total. The van der Waals surface area contributed by atoms with Gasteiger partial charge < -0.3 is 25.0 Å². The number of hydrogen-bond donors (Lipinski definition) is 3. The van der Waals surface area contributed by atoms with Crippen LogP contribution in [0.4, 0.5) is 15.6 Å². The highest BCUT2D eigenvalue weighted by atomic mass is 32.1. The molecule has 2 aliphatic carbocycles. The molecular formula is C34H40N10O4S. The molecular weight excluding hydrogens is 645 g/mol. The second kappa shape index (κ2) is 12.7. The summed E-state index contributed by atoms with van der Waals surface area (Å²) in [5, 5.41) is 25.6. The molecule has 1 unspecified atom stereocenters. The fourth-order valence-corrected chi connectivity index (χ4v) is 9.38. The lowest BCUT2D eigenvalue weighted by molar-refractivity contribution is 0.117. The minimum absolute atomic E-state index is 0.0246. The molecule has 4 N–H and O–H groups in total. The Hall–Kier alpha value is -4.52. The summed E-state index contributed by atoms with van der Waals surface area (Å²) in [6.45, 7) is 4.23. The molecule has 49 heavy (non-hydrogen) atoms. The average Bonchev–Trinajstić information content (AvgIpc) is 3.92. The summed E-state index contributed by atoms with van der Waals surface area (Å²) < 4.78 is 19.7. The van der Waals surface area contributed by atoms with Crippen molar-refractivity contribution in [1.82, 2.24) is 35.1 Å². The van der Waals surface area contributed by atoms with Gasteiger partial charge in [-0.1, -0.05) is 5.16 Å². The van der Waals surface area contributed by atoms with Crippen molar-refractivity contribution in [2.24, 2.45) is 0 Å². The zero-order valence-electron chi connectivity index (χ0n) is 27.7. The molecule has 6 heterocycles. The lowest BCUT2D eigenvalue weighted by Crippen LogP contribution is -2.38. The zero-order valence-corrected chi connectivity index (χ0v) is 28.5. The average molecular weight is 685 g/mol. The number of nitrogens with zero attached hydrogens (tertiary/aromatic N) is 7. The van der Waals surface area contributed by atoms with Crippen molar-refractivity contribution in [3.63, 3.8) is 0 Å². The molecule has 2 aliphatic heterocycles. The quantitative estimate of drug-likeness (QED) is 0.248. The Labute approximate surface area is 288 Å². The van der Waals surface area contributed by atoms with Crippen LogP contribution in [0.15, 0.2) is 22.9 Å². The van der Waals surface area contributed by atoms with Crippen molar-refractivity contribution in [2.45, 2.75) is 88.3 Å². The Balaban J connectivity index is 1.16. The maximum Gasteiger partial charge on any atom is 0.320 e. The standard InChI is InChI=1S/C34H40N10O4S/c1-19(23-7-5-13-43(23)2)47-27-16-26(44-14-9-25(41-44)38-33(45)37-20-10-15-46-18-20)39-32(40-27)29-21-6-3-11-34(30(21)48-42-29)12-4-8-24-28(34)22(17-35)31(36)49-24/h9,14,16,19-20,23H,3-8,10-13,15,18,36H2,1-2H3,(H2,37,38,41,45)/t19-,20+,23-,34?/m0/s1. The number of fused-ring (bicyclic) bond motifs is 4. The number of urea groups is 1. The Morgan fingerprint density at radius 3 is 2.88 bits per heavy atom. The van der Waals surface area contributed by atoms with Gasteiger partial charge in [0.2, 0.25) is 5.88 Å². The van der Waals surface area contributed by atoms with Gasteiger partial charge in [0.1, 0.15) is 17.2 Å². The second-order valence-corrected chi connectivity index (χ2v) is 14.7. The lowest BCUT2D eigenvalue weighted by Gasteiger charge is -2.39. The summed E-state index contributed by atoms with van der Waals surface area (Å²) in [4.78, 5) is 25.9. The summed E-state index contributed by atoms with van der Waals surface area (Å²) in [6.07, 6.45) is 9.81. The second-order valence-electron chi connectivity index (χ2n) is 13.6. The van der Waals surface area contributed by atoms with Crippen molar-refractivity contribution in [3.8, 4) is 29.3 Å². The highest BCUT2D eigenvalue weighted by molar-refractivity contribution is 7.16. The largest absolute Gasteiger partial charge is 0.473 e. The molecule has 256 valence electrons. The van der Waals surface area contributed by atoms with E-state index in [9.17, 15) is 10.1 Å². The lowest BCUT2D eigenvalue weighted by atomic mass is 9.63. The van der Waals surface area contributed by atoms with Crippen molar-refractivity contribution in [2.75, 3.05) is 37.9 Å². The fourth-order valence-electron chi connectivity index (χ4n) is 8.22. The number of carbonyl (C=O) groups is 1. The molecule has 15 heteroatoms. The number of amides is 2. The van der Waals surface area contributed by atoms with Crippen LogP contribution < -0.4 is 21.1 Å². The van der Waals surface area contributed by atoms with Gasteiger partial charge in [-0.2, -0.15) is 10.2 Å². The third-order valence-electron chi connectivity index (χ3n) is 10.5. The van der Waals surface area contributed by atoms with E-state index in [0.717, 1.165) is 81.2 Å². The molecule has 4 atom stereocenters. The van der Waals surface area contributed by atoms with Crippen LogP contribution in [0, 0.1) is 11.3 Å². The van der Waals surface area contributed by atoms with Gasteiger partial charge in [-0.3, -0.25) is 10.2 Å². The fraction of sp³-hybridized carbons (Fsp3) is 0.529. The smallest absolute Gasteiger partial charge is 0.320 e. The molecule has 2 fully saturated rings. The van der Waals surface area contributed by atoms with E-state index in [1.54, 1.807) is 23.0 Å². The Morgan fingerprint density at radius 2 is 2.10 bits per heavy atom. The normalized spacial score (nSPS) is 23.9. The van der Waals surface area contributed by atoms with Crippen LogP contribution in [0.5, 0.6) is 5.88 Å². The molecule has 2 amide bonds. The number of anilines is 2. The molecule has 2 saturated heterocycles. The number of aryl methyl sites for hydroxylation is 1. The molecule has 4 aromatic heterocycles. The number of ether oxygens (including phenoxy) is 2. The van der Waals surface area contributed by atoms with E-state index in [4.69, 9.17) is 29.7 Å². The monoisotopic (exact) mass is 684 g/mol. The predicted molar refractivity (Wildman–Crippen MR) is 182 cm³/mol. The highest BCUT2D eigenvalue weighted by Gasteiger charge is 2.49. The minimum Gasteiger partial charge on any atom is -0.473 e. The van der Waals surface area contributed by atoms with Gasteiger partial charge in [0.05, 0.1) is 23.6 Å². The van der Waals surface area contributed by atoms with Crippen LogP contribution in [0.1, 0.15) is 79.2 Å². The number of nitrogens with two attached hydrogens (primary N) is 1. The number of nitriles is 1. The van der Waals surface area contributed by atoms with Gasteiger partial charge >= 0.3 is 6.03 Å². The van der Waals surface area contributed by atoms with Gasteiger partial charge in [-0.25, -0.2) is 14.5 Å². The van der Waals surface area contributed by atoms with Crippen molar-refractivity contribution >= 4 is 28.2 Å². The third-order valence-corrected chi connectivity index (χ3v) is 11.6. The van der Waals surface area contributed by atoms with Crippen molar-refractivity contribution in [1.29, 1.82) is 5.26 Å². The van der Waals surface area contributed by atoms with Gasteiger partial charge in [-0.15, -0.1) is 16.4 Å². The number of rotatable bonds is 7. The van der Waals surface area contributed by atoms with Crippen LogP contribution in [-0.2, 0) is 23.0 Å². The van der Waals surface area contributed by atoms with Gasteiger partial charge in [0, 0.05) is 41.4 Å². The topological polar surface area (TPSA) is 182 Å². The molecule has 0 bridgehead atoms. The molecule has 0 aromatic carbocycles. The van der Waals surface area contributed by atoms with Gasteiger partial charge in [-0.05, 0) is 83.9 Å². The first-order valence-electron chi connectivity index (χ1n) is 17.1. The van der Waals surface area contributed by atoms with E-state index in [2.05, 4.69) is 45.8 Å². The van der Waals surface area contributed by atoms with E-state index in [1.807, 2.05) is 0 Å². The van der Waals surface area contributed by atoms with Crippen LogP contribution in [0.2, 0.25) is 0 Å². The number of nitrogens with one attached hydrogen (secondary N) is 2. The maximum atomic E-state index is 12.6. The number of carbonyl (C=O) groups excluding carboxylic acids is 1. The first kappa shape index (κ1) is 31.7. The predicted octanol–water partition coefficient (Wildman–Crippen LogP) is 4.56. The van der Waals surface area contributed by atoms with Crippen LogP contribution in [0.3, 0.4) is 0 Å². The number of thiophene rings is 1. The summed E-state index contributed by atoms with van der Waals surface area (Å²) in [6, 6.07) is 5.75. The van der Waals surface area contributed by atoms with E-state index < -0.39 is 5.41 Å². The van der Waals surface area contributed by atoms with Crippen LogP contribution in [-0.4, -0.2) is 80.8 Å². The molecule has 4 aliphatic rings. The van der Waals surface area contributed by atoms with E-state index >= 15 is 0 Å². The van der Waals surface area contributed by atoms with Gasteiger partial charge in [0.15, 0.2) is 28.9 Å². The number of nitrogen functional groups attached to an aromatic ring is 1. The van der Waals surface area contributed by atoms with Crippen molar-refractivity contribution < 1.29 is 18.8 Å². The van der Waals surface area contributed by atoms with Crippen molar-refractivity contribution in [3.05, 3.63) is 45.7 Å². The van der Waals surface area contributed by atoms with Crippen LogP contribution >= 0.6 is 11.3 Å². The molecule has 0 saturated carbocycles. The molecule has 4 aromatic rings. The maximum absolute atomic E-state index is 12.6. The Bertz CT molecular complexity index is 1920.